The molecule has 1 saturated heterocycles. The Balaban J connectivity index is 2.27. The van der Waals surface area contributed by atoms with Gasteiger partial charge in [-0.2, -0.15) is 0 Å². The average molecular weight is 238 g/mol. The van der Waals surface area contributed by atoms with E-state index in [0.29, 0.717) is 36.5 Å². The number of carbonyl (C=O) groups is 1. The van der Waals surface area contributed by atoms with Crippen LogP contribution >= 0.6 is 0 Å². The van der Waals surface area contributed by atoms with Crippen molar-refractivity contribution >= 4 is 5.91 Å². The molecule has 0 radical (unpaired) electrons. The number of nitrogens with zero attached hydrogens (tertiary/aromatic N) is 2. The van der Waals surface area contributed by atoms with Crippen molar-refractivity contribution in [3.8, 4) is 0 Å². The van der Waals surface area contributed by atoms with Crippen LogP contribution in [0.3, 0.4) is 0 Å². The molecular formula is C12H18N2O3. The van der Waals surface area contributed by atoms with Gasteiger partial charge < -0.3 is 14.5 Å². The zero-order chi connectivity index (χ0) is 12.6. The summed E-state index contributed by atoms with van der Waals surface area (Å²) in [6.45, 7) is 6.71. The van der Waals surface area contributed by atoms with Gasteiger partial charge in [0.15, 0.2) is 5.76 Å². The number of β-amino-alcohol motifs (C(OH)–C–C–N with tert-alkyl or cyclic N) is 1. The highest BCUT2D eigenvalue weighted by atomic mass is 16.5. The predicted molar refractivity (Wildman–Crippen MR) is 61.9 cm³/mol. The zero-order valence-corrected chi connectivity index (χ0v) is 10.4. The van der Waals surface area contributed by atoms with E-state index in [1.165, 1.54) is 0 Å². The van der Waals surface area contributed by atoms with Gasteiger partial charge in [-0.15, -0.1) is 0 Å². The van der Waals surface area contributed by atoms with Crippen LogP contribution in [0.25, 0.3) is 0 Å². The molecule has 1 aromatic heterocycles. The van der Waals surface area contributed by atoms with Gasteiger partial charge in [-0.3, -0.25) is 4.79 Å². The first-order chi connectivity index (χ1) is 8.00. The summed E-state index contributed by atoms with van der Waals surface area (Å²) in [4.78, 5) is 14.0. The highest BCUT2D eigenvalue weighted by Crippen LogP contribution is 2.25. The Morgan fingerprint density at radius 1 is 1.59 bits per heavy atom. The number of hydrogen-bond donors (Lipinski definition) is 1. The SMILES string of the molecule is Cc1noc(C(C)C)c1C(=O)N1CC[C@@H](O)C1. The second-order valence-electron chi connectivity index (χ2n) is 4.86. The van der Waals surface area contributed by atoms with Crippen molar-refractivity contribution in [1.82, 2.24) is 10.1 Å². The first kappa shape index (κ1) is 12.1. The molecule has 17 heavy (non-hydrogen) atoms. The zero-order valence-electron chi connectivity index (χ0n) is 10.4. The average Bonchev–Trinajstić information content (AvgIpc) is 2.83. The fourth-order valence-electron chi connectivity index (χ4n) is 2.13. The highest BCUT2D eigenvalue weighted by Gasteiger charge is 2.30. The Hall–Kier alpha value is -1.36. The van der Waals surface area contributed by atoms with Crippen molar-refractivity contribution in [3.63, 3.8) is 0 Å². The Bertz CT molecular complexity index is 425. The molecule has 2 heterocycles. The molecule has 94 valence electrons. The van der Waals surface area contributed by atoms with Gasteiger partial charge in [-0.1, -0.05) is 19.0 Å². The second kappa shape index (κ2) is 4.49. The normalized spacial score (nSPS) is 20.3. The summed E-state index contributed by atoms with van der Waals surface area (Å²) in [5, 5.41) is 13.3. The number of rotatable bonds is 2. The largest absolute Gasteiger partial charge is 0.391 e. The molecule has 0 aliphatic carbocycles. The van der Waals surface area contributed by atoms with Crippen LogP contribution in [0, 0.1) is 6.92 Å². The van der Waals surface area contributed by atoms with Gasteiger partial charge in [0.05, 0.1) is 11.8 Å². The van der Waals surface area contributed by atoms with Crippen LogP contribution in [0.5, 0.6) is 0 Å². The van der Waals surface area contributed by atoms with E-state index in [0.717, 1.165) is 0 Å². The van der Waals surface area contributed by atoms with Crippen LogP contribution in [0.2, 0.25) is 0 Å². The second-order valence-corrected chi connectivity index (χ2v) is 4.86. The number of aliphatic hydroxyl groups is 1. The number of carbonyl (C=O) groups excluding carboxylic acids is 1. The smallest absolute Gasteiger partial charge is 0.259 e. The van der Waals surface area contributed by atoms with Crippen molar-refractivity contribution < 1.29 is 14.4 Å². The van der Waals surface area contributed by atoms with Crippen LogP contribution in [0.15, 0.2) is 4.52 Å². The van der Waals surface area contributed by atoms with Gasteiger partial charge in [-0.25, -0.2) is 0 Å². The molecule has 1 N–H and O–H groups in total. The maximum Gasteiger partial charge on any atom is 0.259 e. The van der Waals surface area contributed by atoms with Gasteiger partial charge in [0.2, 0.25) is 0 Å². The fourth-order valence-corrected chi connectivity index (χ4v) is 2.13. The molecule has 0 saturated carbocycles. The molecule has 0 unspecified atom stereocenters. The van der Waals surface area contributed by atoms with Crippen molar-refractivity contribution in [2.45, 2.75) is 39.2 Å². The maximum atomic E-state index is 12.3. The van der Waals surface area contributed by atoms with Gasteiger partial charge in [0.1, 0.15) is 5.56 Å². The summed E-state index contributed by atoms with van der Waals surface area (Å²) in [5.41, 5.74) is 1.19. The summed E-state index contributed by atoms with van der Waals surface area (Å²) < 4.78 is 5.20. The molecule has 1 amide bonds. The first-order valence-electron chi connectivity index (χ1n) is 5.94. The van der Waals surface area contributed by atoms with Gasteiger partial charge >= 0.3 is 0 Å². The van der Waals surface area contributed by atoms with E-state index in [4.69, 9.17) is 4.52 Å². The Labute approximate surface area is 100 Å². The lowest BCUT2D eigenvalue weighted by Crippen LogP contribution is -2.30. The summed E-state index contributed by atoms with van der Waals surface area (Å²) in [7, 11) is 0. The summed E-state index contributed by atoms with van der Waals surface area (Å²) in [6, 6.07) is 0. The van der Waals surface area contributed by atoms with Crippen LogP contribution < -0.4 is 0 Å². The topological polar surface area (TPSA) is 66.6 Å². The molecule has 1 atom stereocenters. The molecule has 1 aliphatic rings. The number of aromatic nitrogens is 1. The van der Waals surface area contributed by atoms with E-state index >= 15 is 0 Å². The number of amides is 1. The minimum absolute atomic E-state index is 0.0796. The third-order valence-electron chi connectivity index (χ3n) is 3.08. The Kier molecular flexibility index (Phi) is 3.19. The minimum Gasteiger partial charge on any atom is -0.391 e. The third kappa shape index (κ3) is 2.20. The van der Waals surface area contributed by atoms with Crippen molar-refractivity contribution in [1.29, 1.82) is 0 Å². The van der Waals surface area contributed by atoms with Crippen molar-refractivity contribution in [2.75, 3.05) is 13.1 Å². The summed E-state index contributed by atoms with van der Waals surface area (Å²) >= 11 is 0. The van der Waals surface area contributed by atoms with Crippen LogP contribution in [-0.4, -0.2) is 40.3 Å². The molecule has 2 rings (SSSR count). The van der Waals surface area contributed by atoms with Crippen LogP contribution in [0.4, 0.5) is 0 Å². The van der Waals surface area contributed by atoms with Crippen molar-refractivity contribution in [2.24, 2.45) is 0 Å². The van der Waals surface area contributed by atoms with E-state index in [1.807, 2.05) is 13.8 Å². The molecular weight excluding hydrogens is 220 g/mol. The standard InChI is InChI=1S/C12H18N2O3/c1-7(2)11-10(8(3)13-17-11)12(16)14-5-4-9(15)6-14/h7,9,15H,4-6H2,1-3H3/t9-/m1/s1. The van der Waals surface area contributed by atoms with E-state index in [1.54, 1.807) is 11.8 Å². The molecule has 1 aliphatic heterocycles. The molecule has 1 fully saturated rings. The van der Waals surface area contributed by atoms with E-state index in [9.17, 15) is 9.90 Å². The fraction of sp³-hybridized carbons (Fsp3) is 0.667. The molecule has 5 heteroatoms. The summed E-state index contributed by atoms with van der Waals surface area (Å²) in [6.07, 6.45) is 0.245. The number of likely N-dealkylation sites (tertiary alicyclic amines) is 1. The molecule has 5 nitrogen and oxygen atoms in total. The Morgan fingerprint density at radius 2 is 2.29 bits per heavy atom. The maximum absolute atomic E-state index is 12.3. The Morgan fingerprint density at radius 3 is 2.82 bits per heavy atom. The lowest BCUT2D eigenvalue weighted by atomic mass is 10.0. The number of aliphatic hydroxyl groups excluding tert-OH is 1. The van der Waals surface area contributed by atoms with Crippen LogP contribution in [-0.2, 0) is 0 Å². The van der Waals surface area contributed by atoms with Crippen molar-refractivity contribution in [3.05, 3.63) is 17.0 Å². The molecule has 0 aromatic carbocycles. The van der Waals surface area contributed by atoms with E-state index in [-0.39, 0.29) is 11.8 Å². The first-order valence-corrected chi connectivity index (χ1v) is 5.94. The molecule has 0 spiro atoms. The molecule has 1 aromatic rings. The van der Waals surface area contributed by atoms with Crippen LogP contribution in [0.1, 0.15) is 48.0 Å². The number of aryl methyl sites for hydroxylation is 1. The van der Waals surface area contributed by atoms with Gasteiger partial charge in [0, 0.05) is 19.0 Å². The predicted octanol–water partition coefficient (Wildman–Crippen LogP) is 1.31. The quantitative estimate of drug-likeness (QED) is 0.843. The lowest BCUT2D eigenvalue weighted by molar-refractivity contribution is 0.0761. The number of hydrogen-bond acceptors (Lipinski definition) is 4. The lowest BCUT2D eigenvalue weighted by Gasteiger charge is -2.16. The van der Waals surface area contributed by atoms with E-state index in [2.05, 4.69) is 5.16 Å². The monoisotopic (exact) mass is 238 g/mol. The third-order valence-corrected chi connectivity index (χ3v) is 3.08. The van der Waals surface area contributed by atoms with Gasteiger partial charge in [-0.05, 0) is 13.3 Å². The van der Waals surface area contributed by atoms with E-state index < -0.39 is 6.10 Å². The minimum atomic E-state index is -0.401. The van der Waals surface area contributed by atoms with Gasteiger partial charge in [0.25, 0.3) is 5.91 Å². The molecule has 0 bridgehead atoms. The highest BCUT2D eigenvalue weighted by molar-refractivity contribution is 5.96. The summed E-state index contributed by atoms with van der Waals surface area (Å²) in [5.74, 6) is 0.681.